The van der Waals surface area contributed by atoms with E-state index in [1.165, 1.54) is 56.7 Å². The first-order valence-corrected chi connectivity index (χ1v) is 9.33. The molecule has 110 valence electrons. The lowest BCUT2D eigenvalue weighted by atomic mass is 9.79. The quantitative estimate of drug-likeness (QED) is 0.693. The van der Waals surface area contributed by atoms with Crippen LogP contribution >= 0.6 is 11.8 Å². The fraction of sp³-hybridized carbons (Fsp3) is 0.938. The molecule has 0 N–H and O–H groups in total. The van der Waals surface area contributed by atoms with E-state index >= 15 is 0 Å². The average molecular weight is 283 g/mol. The zero-order chi connectivity index (χ0) is 13.5. The summed E-state index contributed by atoms with van der Waals surface area (Å²) in [6.07, 6.45) is 9.62. The molecule has 1 heterocycles. The van der Waals surface area contributed by atoms with E-state index in [2.05, 4.69) is 11.8 Å². The summed E-state index contributed by atoms with van der Waals surface area (Å²) < 4.78 is 0. The number of likely N-dealkylation sites (tertiary alicyclic amines) is 1. The van der Waals surface area contributed by atoms with Crippen LogP contribution in [-0.4, -0.2) is 41.3 Å². The number of thioether (sulfide) groups is 1. The molecule has 0 aromatic rings. The molecule has 0 spiro atoms. The number of hydrogen-bond donors (Lipinski definition) is 0. The van der Waals surface area contributed by atoms with Gasteiger partial charge in [0.1, 0.15) is 5.78 Å². The van der Waals surface area contributed by atoms with Crippen LogP contribution in [0.3, 0.4) is 0 Å². The first-order valence-electron chi connectivity index (χ1n) is 8.17. The number of rotatable bonds is 6. The molecule has 2 fully saturated rings. The standard InChI is InChI=1S/C16H29NOS/c1-2-19-13-7-12-17-11-6-5-9-15(17)14-8-3-4-10-16(14)18/h14-15H,2-13H2,1H3. The summed E-state index contributed by atoms with van der Waals surface area (Å²) >= 11 is 2.04. The van der Waals surface area contributed by atoms with E-state index < -0.39 is 0 Å². The molecule has 2 nitrogen and oxygen atoms in total. The van der Waals surface area contributed by atoms with Gasteiger partial charge in [-0.1, -0.05) is 19.8 Å². The van der Waals surface area contributed by atoms with Crippen LogP contribution in [0, 0.1) is 5.92 Å². The van der Waals surface area contributed by atoms with Gasteiger partial charge in [0.15, 0.2) is 0 Å². The van der Waals surface area contributed by atoms with Crippen molar-refractivity contribution >= 4 is 17.5 Å². The zero-order valence-electron chi connectivity index (χ0n) is 12.4. The molecule has 1 saturated heterocycles. The number of piperidine rings is 1. The molecule has 2 rings (SSSR count). The maximum absolute atomic E-state index is 12.2. The first-order chi connectivity index (χ1) is 9.33. The molecule has 1 aliphatic carbocycles. The van der Waals surface area contributed by atoms with E-state index in [4.69, 9.17) is 0 Å². The monoisotopic (exact) mass is 283 g/mol. The number of carbonyl (C=O) groups is 1. The summed E-state index contributed by atoms with van der Waals surface area (Å²) in [6.45, 7) is 4.67. The predicted molar refractivity (Wildman–Crippen MR) is 83.8 cm³/mol. The van der Waals surface area contributed by atoms with Crippen molar-refractivity contribution in [2.75, 3.05) is 24.6 Å². The third-order valence-corrected chi connectivity index (χ3v) is 5.65. The van der Waals surface area contributed by atoms with Gasteiger partial charge in [-0.25, -0.2) is 0 Å². The van der Waals surface area contributed by atoms with Crippen LogP contribution in [0.4, 0.5) is 0 Å². The minimum absolute atomic E-state index is 0.368. The number of Topliss-reactive ketones (excluding diaryl/α,β-unsaturated/α-hetero) is 1. The predicted octanol–water partition coefficient (Wildman–Crippen LogP) is 3.74. The number of carbonyl (C=O) groups excluding carboxylic acids is 1. The fourth-order valence-electron chi connectivity index (χ4n) is 3.68. The Morgan fingerprint density at radius 1 is 1.21 bits per heavy atom. The van der Waals surface area contributed by atoms with Crippen molar-refractivity contribution < 1.29 is 4.79 Å². The van der Waals surface area contributed by atoms with E-state index in [9.17, 15) is 4.79 Å². The lowest BCUT2D eigenvalue weighted by Gasteiger charge is -2.41. The molecular weight excluding hydrogens is 254 g/mol. The van der Waals surface area contributed by atoms with Crippen molar-refractivity contribution in [2.45, 2.75) is 64.3 Å². The Balaban J connectivity index is 1.85. The lowest BCUT2D eigenvalue weighted by molar-refractivity contribution is -0.127. The molecule has 19 heavy (non-hydrogen) atoms. The van der Waals surface area contributed by atoms with Gasteiger partial charge in [-0.2, -0.15) is 11.8 Å². The molecule has 0 bridgehead atoms. The molecule has 2 atom stereocenters. The van der Waals surface area contributed by atoms with E-state index in [1.807, 2.05) is 11.8 Å². The maximum atomic E-state index is 12.2. The first kappa shape index (κ1) is 15.4. The van der Waals surface area contributed by atoms with Gasteiger partial charge in [0.2, 0.25) is 0 Å². The van der Waals surface area contributed by atoms with Gasteiger partial charge >= 0.3 is 0 Å². The SMILES string of the molecule is CCSCCCN1CCCCC1C1CCCCC1=O. The van der Waals surface area contributed by atoms with Crippen LogP contribution in [0.2, 0.25) is 0 Å². The number of hydrogen-bond acceptors (Lipinski definition) is 3. The van der Waals surface area contributed by atoms with Crippen LogP contribution in [-0.2, 0) is 4.79 Å². The van der Waals surface area contributed by atoms with Gasteiger partial charge in [0, 0.05) is 18.4 Å². The second kappa shape index (κ2) is 8.31. The van der Waals surface area contributed by atoms with Crippen molar-refractivity contribution in [3.63, 3.8) is 0 Å². The largest absolute Gasteiger partial charge is 0.300 e. The van der Waals surface area contributed by atoms with Gasteiger partial charge < -0.3 is 0 Å². The second-order valence-electron chi connectivity index (χ2n) is 5.97. The van der Waals surface area contributed by atoms with E-state index in [0.29, 0.717) is 17.7 Å². The summed E-state index contributed by atoms with van der Waals surface area (Å²) in [5.41, 5.74) is 0. The molecule has 0 aromatic carbocycles. The van der Waals surface area contributed by atoms with E-state index in [-0.39, 0.29) is 0 Å². The van der Waals surface area contributed by atoms with Crippen LogP contribution < -0.4 is 0 Å². The molecule has 0 radical (unpaired) electrons. The molecule has 0 amide bonds. The highest BCUT2D eigenvalue weighted by atomic mass is 32.2. The number of ketones is 1. The summed E-state index contributed by atoms with van der Waals surface area (Å²) in [6, 6.07) is 0.577. The normalized spacial score (nSPS) is 29.6. The summed E-state index contributed by atoms with van der Waals surface area (Å²) in [4.78, 5) is 14.8. The smallest absolute Gasteiger partial charge is 0.137 e. The molecule has 0 aromatic heterocycles. The molecule has 2 unspecified atom stereocenters. The molecule has 3 heteroatoms. The minimum Gasteiger partial charge on any atom is -0.300 e. The Hall–Kier alpha value is -0.0200. The Bertz CT molecular complexity index is 282. The van der Waals surface area contributed by atoms with Gasteiger partial charge in [0.25, 0.3) is 0 Å². The Morgan fingerprint density at radius 3 is 2.84 bits per heavy atom. The highest BCUT2D eigenvalue weighted by Gasteiger charge is 2.34. The molecule has 1 aliphatic heterocycles. The molecule has 2 aliphatic rings. The summed E-state index contributed by atoms with van der Waals surface area (Å²) in [5, 5.41) is 0. The average Bonchev–Trinajstić information content (AvgIpc) is 2.45. The van der Waals surface area contributed by atoms with Gasteiger partial charge in [0.05, 0.1) is 0 Å². The van der Waals surface area contributed by atoms with Crippen LogP contribution in [0.15, 0.2) is 0 Å². The van der Waals surface area contributed by atoms with E-state index in [1.54, 1.807) is 0 Å². The lowest BCUT2D eigenvalue weighted by Crippen LogP contribution is -2.47. The van der Waals surface area contributed by atoms with Gasteiger partial charge in [-0.3, -0.25) is 9.69 Å². The fourth-order valence-corrected chi connectivity index (χ4v) is 4.30. The maximum Gasteiger partial charge on any atom is 0.137 e. The van der Waals surface area contributed by atoms with Crippen molar-refractivity contribution in [1.29, 1.82) is 0 Å². The van der Waals surface area contributed by atoms with Crippen LogP contribution in [0.5, 0.6) is 0 Å². The van der Waals surface area contributed by atoms with Gasteiger partial charge in [-0.05, 0) is 56.7 Å². The Kier molecular flexibility index (Phi) is 6.72. The van der Waals surface area contributed by atoms with Gasteiger partial charge in [-0.15, -0.1) is 0 Å². The third-order valence-electron chi connectivity index (χ3n) is 4.67. The molecular formula is C16H29NOS. The van der Waals surface area contributed by atoms with Crippen molar-refractivity contribution in [1.82, 2.24) is 4.90 Å². The zero-order valence-corrected chi connectivity index (χ0v) is 13.2. The Morgan fingerprint density at radius 2 is 2.05 bits per heavy atom. The summed E-state index contributed by atoms with van der Waals surface area (Å²) in [5.74, 6) is 3.43. The van der Waals surface area contributed by atoms with Crippen molar-refractivity contribution in [3.05, 3.63) is 0 Å². The Labute approximate surface area is 122 Å². The minimum atomic E-state index is 0.368. The van der Waals surface area contributed by atoms with E-state index in [0.717, 1.165) is 19.3 Å². The van der Waals surface area contributed by atoms with Crippen molar-refractivity contribution in [3.8, 4) is 0 Å². The number of nitrogens with zero attached hydrogens (tertiary/aromatic N) is 1. The second-order valence-corrected chi connectivity index (χ2v) is 7.36. The highest BCUT2D eigenvalue weighted by Crippen LogP contribution is 2.31. The summed E-state index contributed by atoms with van der Waals surface area (Å²) in [7, 11) is 0. The highest BCUT2D eigenvalue weighted by molar-refractivity contribution is 7.99. The van der Waals surface area contributed by atoms with Crippen molar-refractivity contribution in [2.24, 2.45) is 5.92 Å². The topological polar surface area (TPSA) is 20.3 Å². The van der Waals surface area contributed by atoms with Crippen LogP contribution in [0.25, 0.3) is 0 Å². The third kappa shape index (κ3) is 4.49. The molecule has 1 saturated carbocycles. The van der Waals surface area contributed by atoms with Crippen LogP contribution in [0.1, 0.15) is 58.3 Å².